The minimum Gasteiger partial charge on any atom is -0.481 e. The van der Waals surface area contributed by atoms with Crippen molar-refractivity contribution in [2.75, 3.05) is 48.0 Å². The molecule has 1 aromatic carbocycles. The predicted molar refractivity (Wildman–Crippen MR) is 281 cm³/mol. The molecule has 0 saturated carbocycles. The molecule has 0 aliphatic carbocycles. The maximum absolute atomic E-state index is 14.6. The average molecular weight is 1060 g/mol. The number of carbonyl (C=O) groups is 1. The van der Waals surface area contributed by atoms with Crippen LogP contribution in [0.1, 0.15) is 106 Å². The van der Waals surface area contributed by atoms with Gasteiger partial charge in [-0.15, -0.1) is 5.10 Å². The summed E-state index contributed by atoms with van der Waals surface area (Å²) in [6, 6.07) is 11.0. The van der Waals surface area contributed by atoms with E-state index < -0.39 is 102 Å². The van der Waals surface area contributed by atoms with Gasteiger partial charge in [-0.25, -0.2) is 9.67 Å². The number of aliphatic hydroxyl groups excluding tert-OH is 3. The summed E-state index contributed by atoms with van der Waals surface area (Å²) in [4.78, 5) is 22.9. The van der Waals surface area contributed by atoms with Gasteiger partial charge in [-0.1, -0.05) is 57.2 Å². The molecule has 3 aliphatic heterocycles. The van der Waals surface area contributed by atoms with Gasteiger partial charge in [0.25, 0.3) is 0 Å². The molecule has 3 fully saturated rings. The summed E-state index contributed by atoms with van der Waals surface area (Å²) in [5.41, 5.74) is -0.557. The smallest absolute Gasteiger partial charge is 0.309 e. The van der Waals surface area contributed by atoms with E-state index in [9.17, 15) is 30.3 Å². The number of likely N-dealkylation sites (N-methyl/N-ethyl adjacent to an activating group) is 2. The van der Waals surface area contributed by atoms with E-state index in [2.05, 4.69) is 20.2 Å². The minimum atomic E-state index is -1.81. The Hall–Kier alpha value is -3.70. The number of ether oxygens (including phenoxy) is 7. The minimum absolute atomic E-state index is 0.171. The molecule has 422 valence electrons. The molecule has 3 aliphatic rings. The Kier molecular flexibility index (Phi) is 20.9. The van der Waals surface area contributed by atoms with Crippen LogP contribution in [0.3, 0.4) is 0 Å². The lowest BCUT2D eigenvalue weighted by Crippen LogP contribution is -2.62. The first-order chi connectivity index (χ1) is 35.3. The van der Waals surface area contributed by atoms with Gasteiger partial charge in [0, 0.05) is 75.1 Å². The van der Waals surface area contributed by atoms with E-state index in [1.807, 2.05) is 96.2 Å². The van der Waals surface area contributed by atoms with Crippen LogP contribution in [0.4, 0.5) is 0 Å². The lowest BCUT2D eigenvalue weighted by Gasteiger charge is -2.51. The number of esters is 1. The Morgan fingerprint density at radius 2 is 1.61 bits per heavy atom. The normalized spacial score (nSPS) is 37.9. The molecular weight excluding hydrogens is 965 g/mol. The zero-order valence-electron chi connectivity index (χ0n) is 47.0. The number of aliphatic hydroxyl groups is 5. The number of methoxy groups -OCH3 is 2. The van der Waals surface area contributed by atoms with Crippen molar-refractivity contribution in [1.82, 2.24) is 29.8 Å². The third-order valence-corrected chi connectivity index (χ3v) is 16.7. The summed E-state index contributed by atoms with van der Waals surface area (Å²) in [5.74, 6) is -2.56. The molecule has 5 N–H and O–H groups in total. The number of rotatable bonds is 16. The van der Waals surface area contributed by atoms with Gasteiger partial charge in [0.05, 0.1) is 74.1 Å². The summed E-state index contributed by atoms with van der Waals surface area (Å²) in [7, 11) is 6.94. The fourth-order valence-electron chi connectivity index (χ4n) is 12.0. The molecule has 2 aromatic heterocycles. The first-order valence-electron chi connectivity index (χ1n) is 27.0. The predicted octanol–water partition coefficient (Wildman–Crippen LogP) is 4.67. The summed E-state index contributed by atoms with van der Waals surface area (Å²) in [6.45, 7) is 20.4. The van der Waals surface area contributed by atoms with Crippen molar-refractivity contribution < 1.29 is 63.5 Å². The highest BCUT2D eigenvalue weighted by molar-refractivity contribution is 5.73. The maximum atomic E-state index is 14.6. The van der Waals surface area contributed by atoms with Crippen LogP contribution in [0.25, 0.3) is 11.1 Å². The number of carbonyl (C=O) groups excluding carboxylic acids is 1. The van der Waals surface area contributed by atoms with Gasteiger partial charge in [0.1, 0.15) is 30.0 Å². The lowest BCUT2D eigenvalue weighted by atomic mass is 9.68. The van der Waals surface area contributed by atoms with Crippen LogP contribution in [0.2, 0.25) is 0 Å². The van der Waals surface area contributed by atoms with E-state index in [-0.39, 0.29) is 31.3 Å². The van der Waals surface area contributed by atoms with E-state index in [4.69, 9.17) is 33.2 Å². The molecule has 0 bridgehead atoms. The number of pyridine rings is 1. The molecular formula is C56H90N6O13. The highest BCUT2D eigenvalue weighted by Crippen LogP contribution is 2.45. The average Bonchev–Trinajstić information content (AvgIpc) is 3.84. The number of nitrogens with zero attached hydrogens (tertiary/aromatic N) is 6. The molecule has 3 aromatic rings. The Balaban J connectivity index is 1.17. The lowest BCUT2D eigenvalue weighted by molar-refractivity contribution is -0.302. The van der Waals surface area contributed by atoms with E-state index >= 15 is 0 Å². The second kappa shape index (κ2) is 25.8. The number of cyclic esters (lactones) is 1. The van der Waals surface area contributed by atoms with Gasteiger partial charge in [0.15, 0.2) is 6.29 Å². The van der Waals surface area contributed by atoms with E-state index in [1.165, 1.54) is 14.0 Å². The van der Waals surface area contributed by atoms with Crippen LogP contribution in [0, 0.1) is 23.7 Å². The van der Waals surface area contributed by atoms with Crippen LogP contribution in [-0.4, -0.2) is 193 Å². The molecule has 18 atom stereocenters. The summed E-state index contributed by atoms with van der Waals surface area (Å²) < 4.78 is 45.2. The number of benzene rings is 1. The van der Waals surface area contributed by atoms with Gasteiger partial charge in [-0.2, -0.15) is 0 Å². The zero-order chi connectivity index (χ0) is 55.2. The molecule has 19 heteroatoms. The van der Waals surface area contributed by atoms with Gasteiger partial charge >= 0.3 is 5.97 Å². The Labute approximate surface area is 445 Å². The molecule has 6 rings (SSSR count). The van der Waals surface area contributed by atoms with Crippen molar-refractivity contribution in [3.63, 3.8) is 0 Å². The third kappa shape index (κ3) is 14.5. The largest absolute Gasteiger partial charge is 0.481 e. The monoisotopic (exact) mass is 1050 g/mol. The second-order valence-corrected chi connectivity index (χ2v) is 22.8. The SMILES string of the molecule is CC[C@H]1OC(=O)[C@H](C)[C@@H](C2C[C@@](C)(OC)[C@@H](O)[C@H](C)O2)[C@H](C)[C@@H](O[C@@H]2O[C@H](C)C[C@H](N(C)CCc3cn(CCOCc4ccc(-c5ccc(OC)nc5)cc4)nn3)[C@H]2O)[C@](C)(O)C[C@@H](C)CN(C)[C@H](C)[C@@H](O)[C@]1(C)O. The molecule has 75 heavy (non-hydrogen) atoms. The van der Waals surface area contributed by atoms with Crippen molar-refractivity contribution in [2.45, 2.75) is 199 Å². The molecule has 0 radical (unpaired) electrons. The summed E-state index contributed by atoms with van der Waals surface area (Å²) in [5, 5.41) is 68.9. The first kappa shape index (κ1) is 60.5. The highest BCUT2D eigenvalue weighted by Gasteiger charge is 2.55. The summed E-state index contributed by atoms with van der Waals surface area (Å²) >= 11 is 0. The van der Waals surface area contributed by atoms with Crippen LogP contribution in [0.15, 0.2) is 48.8 Å². The summed E-state index contributed by atoms with van der Waals surface area (Å²) in [6.07, 6.45) is -3.06. The van der Waals surface area contributed by atoms with E-state index in [0.717, 1.165) is 22.4 Å². The Morgan fingerprint density at radius 1 is 0.920 bits per heavy atom. The van der Waals surface area contributed by atoms with Gasteiger partial charge in [-0.05, 0) is 104 Å². The highest BCUT2D eigenvalue weighted by atomic mass is 16.7. The van der Waals surface area contributed by atoms with Crippen molar-refractivity contribution in [2.24, 2.45) is 23.7 Å². The van der Waals surface area contributed by atoms with Crippen LogP contribution >= 0.6 is 0 Å². The van der Waals surface area contributed by atoms with Gasteiger partial charge in [-0.3, -0.25) is 4.79 Å². The molecule has 1 unspecified atom stereocenters. The molecule has 0 spiro atoms. The van der Waals surface area contributed by atoms with Crippen molar-refractivity contribution in [3.05, 3.63) is 60.0 Å². The molecule has 5 heterocycles. The fourth-order valence-corrected chi connectivity index (χ4v) is 12.0. The van der Waals surface area contributed by atoms with Crippen molar-refractivity contribution in [3.8, 4) is 17.0 Å². The van der Waals surface area contributed by atoms with Crippen LogP contribution in [-0.2, 0) is 52.8 Å². The topological polar surface area (TPSA) is 233 Å². The standard InChI is InChI=1S/C56H90N6O13/c1-15-45-56(10,68)49(64)37(6)61(12)30-33(2)27-54(8,67)51(35(4)47(36(5)52(66)74-45)44-28-55(9,70-14)50(65)38(7)73-44)75-53-48(63)43(26-34(3)72-53)60(11)23-22-42-31-62(59-58-42)24-25-71-32-39-16-18-40(19-17-39)41-20-21-46(69-13)57-29-41/h16-21,29,31,33-38,43-45,47-51,53,63-65,67-68H,15,22-28,30,32H2,1-14H3/t33-,34-,35+,36-,37-,38+,43+,44?,45-,47+,48-,49-,50+,51-,53+,54-,55-,56-/m1/s1. The third-order valence-electron chi connectivity index (χ3n) is 16.7. The first-order valence-corrected chi connectivity index (χ1v) is 27.0. The maximum Gasteiger partial charge on any atom is 0.309 e. The molecule has 0 amide bonds. The van der Waals surface area contributed by atoms with Crippen molar-refractivity contribution >= 4 is 5.97 Å². The zero-order valence-corrected chi connectivity index (χ0v) is 47.0. The van der Waals surface area contributed by atoms with Crippen LogP contribution in [0.5, 0.6) is 5.88 Å². The van der Waals surface area contributed by atoms with Crippen molar-refractivity contribution in [1.29, 1.82) is 0 Å². The number of aromatic nitrogens is 4. The van der Waals surface area contributed by atoms with Crippen LogP contribution < -0.4 is 4.74 Å². The van der Waals surface area contributed by atoms with Gasteiger partial charge in [0.2, 0.25) is 5.88 Å². The Bertz CT molecular complexity index is 2230. The van der Waals surface area contributed by atoms with Gasteiger partial charge < -0.3 is 68.5 Å². The Morgan fingerprint density at radius 3 is 2.25 bits per heavy atom. The number of hydrogen-bond donors (Lipinski definition) is 5. The van der Waals surface area contributed by atoms with E-state index in [1.54, 1.807) is 45.7 Å². The quantitative estimate of drug-likeness (QED) is 0.0969. The van der Waals surface area contributed by atoms with E-state index in [0.29, 0.717) is 51.6 Å². The fraction of sp³-hybridized carbons (Fsp3) is 0.750. The molecule has 3 saturated heterocycles. The molecule has 19 nitrogen and oxygen atoms in total. The second-order valence-electron chi connectivity index (χ2n) is 22.8. The number of hydrogen-bond acceptors (Lipinski definition) is 18.